The molecular weight excluding hydrogens is 298 g/mol. The van der Waals surface area contributed by atoms with Gasteiger partial charge in [-0.25, -0.2) is 0 Å². The first kappa shape index (κ1) is 20.2. The van der Waals surface area contributed by atoms with E-state index in [1.165, 1.54) is 16.7 Å². The molecule has 1 N–H and O–H groups in total. The number of aromatic nitrogens is 1. The molecule has 0 bridgehead atoms. The van der Waals surface area contributed by atoms with Crippen molar-refractivity contribution >= 4 is 5.57 Å². The van der Waals surface area contributed by atoms with E-state index in [4.69, 9.17) is 0 Å². The van der Waals surface area contributed by atoms with Crippen LogP contribution >= 0.6 is 0 Å². The molecule has 2 aliphatic heterocycles. The number of aryl methyl sites for hydroxylation is 1. The maximum atomic E-state index is 12.3. The zero-order valence-corrected chi connectivity index (χ0v) is 16.3. The van der Waals surface area contributed by atoms with E-state index in [-0.39, 0.29) is 5.56 Å². The summed E-state index contributed by atoms with van der Waals surface area (Å²) in [4.78, 5) is 14.6. The molecule has 4 nitrogen and oxygen atoms in total. The van der Waals surface area contributed by atoms with Crippen molar-refractivity contribution in [1.29, 1.82) is 0 Å². The Morgan fingerprint density at radius 3 is 2.42 bits per heavy atom. The summed E-state index contributed by atoms with van der Waals surface area (Å²) in [5, 5.41) is 3.26. The molecule has 3 heterocycles. The fourth-order valence-electron chi connectivity index (χ4n) is 3.02. The Morgan fingerprint density at radius 1 is 1.12 bits per heavy atom. The highest BCUT2D eigenvalue weighted by molar-refractivity contribution is 5.77. The second-order valence-corrected chi connectivity index (χ2v) is 5.81. The number of dihydropyridines is 1. The smallest absolute Gasteiger partial charge is 0.253 e. The van der Waals surface area contributed by atoms with Gasteiger partial charge in [-0.05, 0) is 43.8 Å². The van der Waals surface area contributed by atoms with E-state index in [2.05, 4.69) is 36.3 Å². The number of allylic oxidation sites excluding steroid dienone is 2. The van der Waals surface area contributed by atoms with E-state index in [1.807, 2.05) is 47.1 Å². The van der Waals surface area contributed by atoms with Crippen LogP contribution in [0.15, 0.2) is 29.3 Å². The molecule has 0 aliphatic carbocycles. The van der Waals surface area contributed by atoms with Crippen LogP contribution in [-0.2, 0) is 20.0 Å². The van der Waals surface area contributed by atoms with Gasteiger partial charge in [0, 0.05) is 43.5 Å². The van der Waals surface area contributed by atoms with Crippen LogP contribution < -0.4 is 10.9 Å². The van der Waals surface area contributed by atoms with Gasteiger partial charge in [-0.15, -0.1) is 0 Å². The number of nitrogens with zero attached hydrogens (tertiary/aromatic N) is 2. The lowest BCUT2D eigenvalue weighted by Gasteiger charge is -2.28. The molecule has 1 atom stereocenters. The molecular formula is C20H33N3O. The Morgan fingerprint density at radius 2 is 1.79 bits per heavy atom. The quantitative estimate of drug-likeness (QED) is 0.858. The van der Waals surface area contributed by atoms with Crippen LogP contribution in [-0.4, -0.2) is 29.1 Å². The molecule has 4 heteroatoms. The van der Waals surface area contributed by atoms with Gasteiger partial charge in [-0.3, -0.25) is 4.79 Å². The van der Waals surface area contributed by atoms with Crippen LogP contribution in [0.4, 0.5) is 0 Å². The summed E-state index contributed by atoms with van der Waals surface area (Å²) in [6.45, 7) is 11.9. The molecule has 24 heavy (non-hydrogen) atoms. The Labute approximate surface area is 146 Å². The first-order chi connectivity index (χ1) is 11.6. The Hall–Kier alpha value is -1.81. The lowest BCUT2D eigenvalue weighted by Crippen LogP contribution is -2.35. The van der Waals surface area contributed by atoms with Crippen LogP contribution in [0.25, 0.3) is 5.57 Å². The van der Waals surface area contributed by atoms with E-state index in [1.54, 1.807) is 4.57 Å². The first-order valence-electron chi connectivity index (χ1n) is 9.11. The molecule has 0 spiro atoms. The standard InChI is InChI=1S/C16H21N3O.2C2H6/c1-11-8-12(4-6-17-11)14-10-19(3)16(20)13-5-7-18(2)9-15(13)14;2*1-2/h4,6,8,10-11,17H,5,7,9H2,1-3H3;2*1-2H3. The molecule has 0 fully saturated rings. The maximum Gasteiger partial charge on any atom is 0.253 e. The molecule has 0 saturated carbocycles. The number of rotatable bonds is 1. The van der Waals surface area contributed by atoms with E-state index in [0.29, 0.717) is 6.04 Å². The SMILES string of the molecule is CC.CC.CC1C=C(c2cn(C)c(=O)c3c2CN(C)CC3)C=CN1. The van der Waals surface area contributed by atoms with Gasteiger partial charge in [0.25, 0.3) is 5.56 Å². The molecule has 1 aromatic rings. The Bertz CT molecular complexity index is 656. The van der Waals surface area contributed by atoms with E-state index >= 15 is 0 Å². The number of hydrogen-bond acceptors (Lipinski definition) is 3. The lowest BCUT2D eigenvalue weighted by atomic mass is 9.91. The Balaban J connectivity index is 0.000000671. The summed E-state index contributed by atoms with van der Waals surface area (Å²) < 4.78 is 1.72. The second kappa shape index (κ2) is 9.48. The third-order valence-electron chi connectivity index (χ3n) is 4.12. The van der Waals surface area contributed by atoms with Crippen LogP contribution in [0.3, 0.4) is 0 Å². The first-order valence-corrected chi connectivity index (χ1v) is 9.11. The van der Waals surface area contributed by atoms with Gasteiger partial charge in [0.05, 0.1) is 0 Å². The van der Waals surface area contributed by atoms with Crippen LogP contribution in [0.2, 0.25) is 0 Å². The molecule has 134 valence electrons. The summed E-state index contributed by atoms with van der Waals surface area (Å²) in [7, 11) is 3.96. The number of fused-ring (bicyclic) bond motifs is 1. The number of nitrogens with one attached hydrogen (secondary N) is 1. The van der Waals surface area contributed by atoms with Gasteiger partial charge < -0.3 is 14.8 Å². The van der Waals surface area contributed by atoms with Crippen molar-refractivity contribution in [3.63, 3.8) is 0 Å². The van der Waals surface area contributed by atoms with Crippen molar-refractivity contribution in [2.45, 2.75) is 53.6 Å². The fraction of sp³-hybridized carbons (Fsp3) is 0.550. The zero-order valence-electron chi connectivity index (χ0n) is 16.3. The number of likely N-dealkylation sites (N-methyl/N-ethyl adjacent to an activating group) is 1. The minimum absolute atomic E-state index is 0.156. The normalized spacial score (nSPS) is 19.0. The second-order valence-electron chi connectivity index (χ2n) is 5.81. The van der Waals surface area contributed by atoms with Gasteiger partial charge in [-0.1, -0.05) is 33.8 Å². The lowest BCUT2D eigenvalue weighted by molar-refractivity contribution is 0.310. The van der Waals surface area contributed by atoms with Gasteiger partial charge in [0.2, 0.25) is 0 Å². The number of hydrogen-bond donors (Lipinski definition) is 1. The van der Waals surface area contributed by atoms with Crippen molar-refractivity contribution in [3.8, 4) is 0 Å². The molecule has 1 unspecified atom stereocenters. The highest BCUT2D eigenvalue weighted by atomic mass is 16.1. The van der Waals surface area contributed by atoms with E-state index in [0.717, 1.165) is 25.1 Å². The topological polar surface area (TPSA) is 37.3 Å². The summed E-state index contributed by atoms with van der Waals surface area (Å²) in [5.74, 6) is 0. The van der Waals surface area contributed by atoms with Crippen molar-refractivity contribution in [2.75, 3.05) is 13.6 Å². The van der Waals surface area contributed by atoms with Gasteiger partial charge in [-0.2, -0.15) is 0 Å². The third kappa shape index (κ3) is 4.38. The van der Waals surface area contributed by atoms with Crippen LogP contribution in [0, 0.1) is 0 Å². The minimum atomic E-state index is 0.156. The average Bonchev–Trinajstić information content (AvgIpc) is 2.61. The molecule has 0 amide bonds. The predicted molar refractivity (Wildman–Crippen MR) is 104 cm³/mol. The molecule has 0 radical (unpaired) electrons. The van der Waals surface area contributed by atoms with Gasteiger partial charge in [0.15, 0.2) is 0 Å². The van der Waals surface area contributed by atoms with Gasteiger partial charge in [0.1, 0.15) is 0 Å². The van der Waals surface area contributed by atoms with E-state index < -0.39 is 0 Å². The predicted octanol–water partition coefficient (Wildman–Crippen LogP) is 3.31. The summed E-state index contributed by atoms with van der Waals surface area (Å²) in [5.41, 5.74) is 4.75. The zero-order chi connectivity index (χ0) is 18.3. The highest BCUT2D eigenvalue weighted by Gasteiger charge is 2.22. The summed E-state index contributed by atoms with van der Waals surface area (Å²) >= 11 is 0. The van der Waals surface area contributed by atoms with Crippen molar-refractivity contribution < 1.29 is 0 Å². The molecule has 3 rings (SSSR count). The van der Waals surface area contributed by atoms with Crippen molar-refractivity contribution in [1.82, 2.24) is 14.8 Å². The van der Waals surface area contributed by atoms with Gasteiger partial charge >= 0.3 is 0 Å². The fourth-order valence-corrected chi connectivity index (χ4v) is 3.02. The van der Waals surface area contributed by atoms with Crippen LogP contribution in [0.5, 0.6) is 0 Å². The average molecular weight is 332 g/mol. The highest BCUT2D eigenvalue weighted by Crippen LogP contribution is 2.27. The summed E-state index contributed by atoms with van der Waals surface area (Å²) in [6.07, 6.45) is 9.12. The molecule has 0 aromatic carbocycles. The number of pyridine rings is 1. The molecule has 0 saturated heterocycles. The van der Waals surface area contributed by atoms with Crippen molar-refractivity contribution in [3.05, 3.63) is 51.6 Å². The monoisotopic (exact) mass is 331 g/mol. The molecule has 1 aromatic heterocycles. The Kier molecular flexibility index (Phi) is 7.99. The van der Waals surface area contributed by atoms with Crippen LogP contribution in [0.1, 0.15) is 51.3 Å². The maximum absolute atomic E-state index is 12.3. The minimum Gasteiger partial charge on any atom is -0.385 e. The van der Waals surface area contributed by atoms with E-state index in [9.17, 15) is 4.79 Å². The molecule has 2 aliphatic rings. The summed E-state index contributed by atoms with van der Waals surface area (Å²) in [6, 6.07) is 0.323. The third-order valence-corrected chi connectivity index (χ3v) is 4.12. The largest absolute Gasteiger partial charge is 0.385 e. The van der Waals surface area contributed by atoms with Crippen molar-refractivity contribution in [2.24, 2.45) is 7.05 Å².